The third kappa shape index (κ3) is 2.65. The van der Waals surface area contributed by atoms with Crippen LogP contribution in [0.2, 0.25) is 0 Å². The Morgan fingerprint density at radius 1 is 1.32 bits per heavy atom. The van der Waals surface area contributed by atoms with Gasteiger partial charge in [0.05, 0.1) is 13.4 Å². The predicted octanol–water partition coefficient (Wildman–Crippen LogP) is 3.20. The van der Waals surface area contributed by atoms with Crippen molar-refractivity contribution >= 4 is 17.9 Å². The van der Waals surface area contributed by atoms with Crippen LogP contribution in [0.25, 0.3) is 6.08 Å². The van der Waals surface area contributed by atoms with Gasteiger partial charge < -0.3 is 13.9 Å². The maximum Gasteiger partial charge on any atom is 0.363 e. The minimum atomic E-state index is -0.504. The first-order chi connectivity index (χ1) is 10.7. The molecule has 0 bridgehead atoms. The minimum absolute atomic E-state index is 0.173. The minimum Gasteiger partial charge on any atom is -0.496 e. The summed E-state index contributed by atoms with van der Waals surface area (Å²) in [5, 5.41) is 0. The molecule has 0 unspecified atom stereocenters. The Hall–Kier alpha value is -2.82. The summed E-state index contributed by atoms with van der Waals surface area (Å²) in [6.07, 6.45) is 4.06. The zero-order valence-corrected chi connectivity index (χ0v) is 12.3. The lowest BCUT2D eigenvalue weighted by molar-refractivity contribution is -0.130. The fraction of sp³-hybridized carbons (Fsp3) is 0.176. The van der Waals surface area contributed by atoms with Gasteiger partial charge in [-0.3, -0.25) is 0 Å². The van der Waals surface area contributed by atoms with Crippen LogP contribution in [0.5, 0.6) is 5.75 Å². The molecule has 1 aliphatic rings. The molecule has 1 aliphatic heterocycles. The lowest BCUT2D eigenvalue weighted by atomic mass is 10.1. The van der Waals surface area contributed by atoms with Crippen molar-refractivity contribution in [1.82, 2.24) is 0 Å². The molecule has 0 atom stereocenters. The number of rotatable bonds is 4. The Labute approximate surface area is 127 Å². The molecule has 1 aromatic heterocycles. The number of carbonyl (C=O) groups excluding carboxylic acids is 1. The number of furan rings is 1. The van der Waals surface area contributed by atoms with E-state index in [1.165, 1.54) is 6.26 Å². The van der Waals surface area contributed by atoms with Crippen LogP contribution in [0.1, 0.15) is 23.8 Å². The van der Waals surface area contributed by atoms with Crippen LogP contribution in [0, 0.1) is 0 Å². The van der Waals surface area contributed by atoms with Crippen molar-refractivity contribution in [2.24, 2.45) is 4.99 Å². The number of hydrogen-bond acceptors (Lipinski definition) is 5. The Morgan fingerprint density at radius 3 is 2.86 bits per heavy atom. The number of esters is 1. The SMILES string of the molecule is CCc1ccc(OC)c(/C=C2/N=C(c3ccco3)OC2=O)c1. The van der Waals surface area contributed by atoms with E-state index in [-0.39, 0.29) is 11.6 Å². The topological polar surface area (TPSA) is 61.0 Å². The summed E-state index contributed by atoms with van der Waals surface area (Å²) in [5.74, 6) is 0.771. The van der Waals surface area contributed by atoms with Gasteiger partial charge in [-0.2, -0.15) is 0 Å². The number of aliphatic imine (C=N–C) groups is 1. The first kappa shape index (κ1) is 14.1. The van der Waals surface area contributed by atoms with E-state index in [2.05, 4.69) is 11.9 Å². The monoisotopic (exact) mass is 297 g/mol. The molecule has 0 saturated carbocycles. The molecule has 0 N–H and O–H groups in total. The Bertz CT molecular complexity index is 757. The van der Waals surface area contributed by atoms with Crippen molar-refractivity contribution in [2.45, 2.75) is 13.3 Å². The Balaban J connectivity index is 1.99. The maximum atomic E-state index is 12.0. The van der Waals surface area contributed by atoms with Gasteiger partial charge in [0.15, 0.2) is 11.5 Å². The first-order valence-electron chi connectivity index (χ1n) is 6.94. The molecule has 0 saturated heterocycles. The molecular weight excluding hydrogens is 282 g/mol. The van der Waals surface area contributed by atoms with Crippen LogP contribution in [0.15, 0.2) is 51.7 Å². The smallest absolute Gasteiger partial charge is 0.363 e. The van der Waals surface area contributed by atoms with Gasteiger partial charge >= 0.3 is 5.97 Å². The van der Waals surface area contributed by atoms with Crippen LogP contribution in [-0.2, 0) is 16.0 Å². The molecule has 0 aliphatic carbocycles. The first-order valence-corrected chi connectivity index (χ1v) is 6.94. The fourth-order valence-electron chi connectivity index (χ4n) is 2.18. The number of aryl methyl sites for hydroxylation is 1. The van der Waals surface area contributed by atoms with Gasteiger partial charge in [0, 0.05) is 5.56 Å². The second-order valence-corrected chi connectivity index (χ2v) is 4.74. The standard InChI is InChI=1S/C17H15NO4/c1-3-11-6-7-14(20-2)12(9-11)10-13-17(19)22-16(18-13)15-5-4-8-21-15/h4-10H,3H2,1-2H3/b13-10+. The van der Waals surface area contributed by atoms with E-state index in [4.69, 9.17) is 13.9 Å². The van der Waals surface area contributed by atoms with Gasteiger partial charge in [0.1, 0.15) is 5.75 Å². The summed E-state index contributed by atoms with van der Waals surface area (Å²) in [7, 11) is 1.59. The van der Waals surface area contributed by atoms with Crippen LogP contribution in [0.4, 0.5) is 0 Å². The van der Waals surface area contributed by atoms with E-state index in [1.54, 1.807) is 25.3 Å². The van der Waals surface area contributed by atoms with Gasteiger partial charge in [-0.05, 0) is 42.3 Å². The number of benzene rings is 1. The molecule has 0 fully saturated rings. The number of methoxy groups -OCH3 is 1. The van der Waals surface area contributed by atoms with Crippen molar-refractivity contribution in [2.75, 3.05) is 7.11 Å². The van der Waals surface area contributed by atoms with E-state index in [9.17, 15) is 4.79 Å². The zero-order valence-electron chi connectivity index (χ0n) is 12.3. The number of cyclic esters (lactones) is 1. The molecule has 2 heterocycles. The lowest BCUT2D eigenvalue weighted by Crippen LogP contribution is -2.04. The quantitative estimate of drug-likeness (QED) is 0.642. The van der Waals surface area contributed by atoms with Crippen LogP contribution in [-0.4, -0.2) is 19.0 Å². The van der Waals surface area contributed by atoms with Gasteiger partial charge in [-0.15, -0.1) is 0 Å². The molecule has 5 nitrogen and oxygen atoms in total. The average Bonchev–Trinajstić information content (AvgIpc) is 3.17. The highest BCUT2D eigenvalue weighted by Crippen LogP contribution is 2.26. The molecule has 1 aromatic carbocycles. The summed E-state index contributed by atoms with van der Waals surface area (Å²) in [6, 6.07) is 9.24. The number of carbonyl (C=O) groups is 1. The van der Waals surface area contributed by atoms with E-state index >= 15 is 0 Å². The molecule has 0 radical (unpaired) electrons. The lowest BCUT2D eigenvalue weighted by Gasteiger charge is -2.06. The molecule has 5 heteroatoms. The highest BCUT2D eigenvalue weighted by Gasteiger charge is 2.26. The van der Waals surface area contributed by atoms with Crippen molar-refractivity contribution in [1.29, 1.82) is 0 Å². The summed E-state index contributed by atoms with van der Waals surface area (Å²) >= 11 is 0. The number of hydrogen-bond donors (Lipinski definition) is 0. The van der Waals surface area contributed by atoms with Crippen LogP contribution in [0.3, 0.4) is 0 Å². The van der Waals surface area contributed by atoms with Gasteiger partial charge in [0.25, 0.3) is 5.90 Å². The third-order valence-corrected chi connectivity index (χ3v) is 3.35. The van der Waals surface area contributed by atoms with Gasteiger partial charge in [-0.25, -0.2) is 9.79 Å². The third-order valence-electron chi connectivity index (χ3n) is 3.35. The highest BCUT2D eigenvalue weighted by atomic mass is 16.6. The van der Waals surface area contributed by atoms with E-state index < -0.39 is 5.97 Å². The fourth-order valence-corrected chi connectivity index (χ4v) is 2.18. The van der Waals surface area contributed by atoms with E-state index in [1.807, 2.05) is 18.2 Å². The zero-order chi connectivity index (χ0) is 15.5. The van der Waals surface area contributed by atoms with E-state index in [0.29, 0.717) is 11.5 Å². The normalized spacial score (nSPS) is 15.8. The number of nitrogens with zero attached hydrogens (tertiary/aromatic N) is 1. The average molecular weight is 297 g/mol. The predicted molar refractivity (Wildman–Crippen MR) is 81.7 cm³/mol. The van der Waals surface area contributed by atoms with Crippen LogP contribution < -0.4 is 4.74 Å². The Kier molecular flexibility index (Phi) is 3.78. The summed E-state index contributed by atoms with van der Waals surface area (Å²) in [4.78, 5) is 16.1. The summed E-state index contributed by atoms with van der Waals surface area (Å²) in [5.41, 5.74) is 2.16. The molecule has 2 aromatic rings. The second kappa shape index (κ2) is 5.89. The largest absolute Gasteiger partial charge is 0.496 e. The number of ether oxygens (including phenoxy) is 2. The molecule has 3 rings (SSSR count). The summed E-state index contributed by atoms with van der Waals surface area (Å²) < 4.78 is 15.6. The molecule has 0 spiro atoms. The van der Waals surface area contributed by atoms with Crippen molar-refractivity contribution < 1.29 is 18.7 Å². The van der Waals surface area contributed by atoms with Crippen molar-refractivity contribution in [3.8, 4) is 5.75 Å². The molecular formula is C17H15NO4. The van der Waals surface area contributed by atoms with Gasteiger partial charge in [0.2, 0.25) is 0 Å². The van der Waals surface area contributed by atoms with Gasteiger partial charge in [-0.1, -0.05) is 13.0 Å². The van der Waals surface area contributed by atoms with Crippen molar-refractivity contribution in [3.63, 3.8) is 0 Å². The highest BCUT2D eigenvalue weighted by molar-refractivity contribution is 6.12. The molecule has 0 amide bonds. The Morgan fingerprint density at radius 2 is 2.18 bits per heavy atom. The molecule has 112 valence electrons. The van der Waals surface area contributed by atoms with Crippen LogP contribution >= 0.6 is 0 Å². The summed E-state index contributed by atoms with van der Waals surface area (Å²) in [6.45, 7) is 2.07. The molecule has 22 heavy (non-hydrogen) atoms. The van der Waals surface area contributed by atoms with Crippen molar-refractivity contribution in [3.05, 3.63) is 59.2 Å². The maximum absolute atomic E-state index is 12.0. The van der Waals surface area contributed by atoms with E-state index in [0.717, 1.165) is 17.5 Å². The second-order valence-electron chi connectivity index (χ2n) is 4.74.